The molecule has 0 aromatic carbocycles. The van der Waals surface area contributed by atoms with E-state index >= 15 is 0 Å². The summed E-state index contributed by atoms with van der Waals surface area (Å²) in [4.78, 5) is 24.5. The Morgan fingerprint density at radius 2 is 2.08 bits per heavy atom. The number of carbonyl (C=O) groups excluding carboxylic acids is 1. The molecule has 1 aromatic rings. The van der Waals surface area contributed by atoms with E-state index in [-0.39, 0.29) is 10.8 Å². The van der Waals surface area contributed by atoms with Gasteiger partial charge in [0.15, 0.2) is 0 Å². The monoisotopic (exact) mass is 185 g/mol. The highest BCUT2D eigenvalue weighted by Crippen LogP contribution is 2.05. The zero-order valence-electron chi connectivity index (χ0n) is 5.82. The van der Waals surface area contributed by atoms with E-state index in [9.17, 15) is 9.59 Å². The standard InChI is InChI=1S/C7H4ClNO3/c8-5-3-1-2-4(9-5)6(10)7(11)12/h1-3H,(H,11,12). The van der Waals surface area contributed by atoms with Crippen LogP contribution < -0.4 is 0 Å². The van der Waals surface area contributed by atoms with E-state index in [0.717, 1.165) is 0 Å². The van der Waals surface area contributed by atoms with Gasteiger partial charge >= 0.3 is 5.97 Å². The third kappa shape index (κ3) is 1.79. The summed E-state index contributed by atoms with van der Waals surface area (Å²) in [5, 5.41) is 8.39. The van der Waals surface area contributed by atoms with Crippen LogP contribution in [0.5, 0.6) is 0 Å². The van der Waals surface area contributed by atoms with Gasteiger partial charge in [-0.1, -0.05) is 17.7 Å². The Labute approximate surface area is 72.8 Å². The molecule has 0 atom stereocenters. The van der Waals surface area contributed by atoms with Crippen LogP contribution in [-0.2, 0) is 4.79 Å². The Bertz CT molecular complexity index is 337. The molecule has 0 fully saturated rings. The van der Waals surface area contributed by atoms with Gasteiger partial charge < -0.3 is 5.11 Å². The van der Waals surface area contributed by atoms with Crippen LogP contribution in [0.1, 0.15) is 10.5 Å². The maximum absolute atomic E-state index is 10.8. The number of carboxylic acids is 1. The summed E-state index contributed by atoms with van der Waals surface area (Å²) >= 11 is 5.44. The second kappa shape index (κ2) is 3.32. The van der Waals surface area contributed by atoms with Gasteiger partial charge in [0.25, 0.3) is 5.78 Å². The average Bonchev–Trinajstić information content (AvgIpc) is 2.03. The van der Waals surface area contributed by atoms with Crippen molar-refractivity contribution in [3.05, 3.63) is 29.0 Å². The molecule has 0 saturated carbocycles. The first-order valence-corrected chi connectivity index (χ1v) is 3.39. The van der Waals surface area contributed by atoms with Crippen LogP contribution in [0.15, 0.2) is 18.2 Å². The summed E-state index contributed by atoms with van der Waals surface area (Å²) in [6.07, 6.45) is 0. The van der Waals surface area contributed by atoms with Crippen LogP contribution >= 0.6 is 11.6 Å². The molecule has 5 heteroatoms. The molecule has 1 rings (SSSR count). The molecular formula is C7H4ClNO3. The van der Waals surface area contributed by atoms with Crippen LogP contribution in [0, 0.1) is 0 Å². The predicted octanol–water partition coefficient (Wildman–Crippen LogP) is 1.00. The summed E-state index contributed by atoms with van der Waals surface area (Å²) in [6.45, 7) is 0. The fourth-order valence-electron chi connectivity index (χ4n) is 0.644. The van der Waals surface area contributed by atoms with Crippen LogP contribution in [0.4, 0.5) is 0 Å². The van der Waals surface area contributed by atoms with E-state index in [1.807, 2.05) is 0 Å². The molecule has 0 unspecified atom stereocenters. The Morgan fingerprint density at radius 1 is 1.42 bits per heavy atom. The molecule has 1 N–H and O–H groups in total. The molecule has 0 saturated heterocycles. The number of halogens is 1. The zero-order chi connectivity index (χ0) is 9.14. The van der Waals surface area contributed by atoms with Crippen molar-refractivity contribution in [2.75, 3.05) is 0 Å². The first-order chi connectivity index (χ1) is 5.61. The van der Waals surface area contributed by atoms with Gasteiger partial charge in [0, 0.05) is 0 Å². The van der Waals surface area contributed by atoms with Gasteiger partial charge in [0.2, 0.25) is 0 Å². The van der Waals surface area contributed by atoms with Crippen molar-refractivity contribution < 1.29 is 14.7 Å². The molecule has 12 heavy (non-hydrogen) atoms. The van der Waals surface area contributed by atoms with Gasteiger partial charge in [0.05, 0.1) is 0 Å². The lowest BCUT2D eigenvalue weighted by atomic mass is 10.2. The fourth-order valence-corrected chi connectivity index (χ4v) is 0.808. The number of nitrogens with zero attached hydrogens (tertiary/aromatic N) is 1. The molecule has 0 aliphatic rings. The van der Waals surface area contributed by atoms with Crippen molar-refractivity contribution in [3.8, 4) is 0 Å². The average molecular weight is 186 g/mol. The van der Waals surface area contributed by atoms with Crippen LogP contribution in [0.2, 0.25) is 5.15 Å². The molecule has 0 amide bonds. The van der Waals surface area contributed by atoms with Gasteiger partial charge in [0.1, 0.15) is 10.8 Å². The van der Waals surface area contributed by atoms with Crippen molar-refractivity contribution >= 4 is 23.4 Å². The SMILES string of the molecule is O=C(O)C(=O)c1cccc(Cl)n1. The lowest BCUT2D eigenvalue weighted by molar-refractivity contribution is -0.131. The van der Waals surface area contributed by atoms with Crippen molar-refractivity contribution in [3.63, 3.8) is 0 Å². The summed E-state index contributed by atoms with van der Waals surface area (Å²) in [5.74, 6) is -2.60. The number of aromatic nitrogens is 1. The Kier molecular flexibility index (Phi) is 2.40. The highest BCUT2D eigenvalue weighted by atomic mass is 35.5. The number of pyridine rings is 1. The first kappa shape index (κ1) is 8.67. The number of carbonyl (C=O) groups is 2. The minimum atomic E-state index is -1.54. The highest BCUT2D eigenvalue weighted by Gasteiger charge is 2.15. The number of rotatable bonds is 2. The van der Waals surface area contributed by atoms with Crippen LogP contribution in [0.3, 0.4) is 0 Å². The van der Waals surface area contributed by atoms with Gasteiger partial charge in [-0.2, -0.15) is 0 Å². The van der Waals surface area contributed by atoms with Crippen LogP contribution in [-0.4, -0.2) is 21.8 Å². The maximum Gasteiger partial charge on any atom is 0.378 e. The molecule has 0 spiro atoms. The molecule has 1 heterocycles. The minimum absolute atomic E-state index is 0.0992. The third-order valence-corrected chi connectivity index (χ3v) is 1.35. The van der Waals surface area contributed by atoms with Crippen LogP contribution in [0.25, 0.3) is 0 Å². The second-order valence-corrected chi connectivity index (χ2v) is 2.37. The molecular weight excluding hydrogens is 182 g/mol. The molecule has 0 bridgehead atoms. The van der Waals surface area contributed by atoms with Gasteiger partial charge in [-0.25, -0.2) is 9.78 Å². The van der Waals surface area contributed by atoms with Gasteiger partial charge in [-0.05, 0) is 12.1 Å². The summed E-state index contributed by atoms with van der Waals surface area (Å²) in [7, 11) is 0. The van der Waals surface area contributed by atoms with Crippen molar-refractivity contribution in [1.82, 2.24) is 4.98 Å². The maximum atomic E-state index is 10.8. The molecule has 1 aromatic heterocycles. The predicted molar refractivity (Wildman–Crippen MR) is 41.2 cm³/mol. The van der Waals surface area contributed by atoms with E-state index in [1.54, 1.807) is 0 Å². The van der Waals surface area contributed by atoms with E-state index in [1.165, 1.54) is 18.2 Å². The van der Waals surface area contributed by atoms with E-state index < -0.39 is 11.8 Å². The van der Waals surface area contributed by atoms with Crippen molar-refractivity contribution in [2.45, 2.75) is 0 Å². The summed E-state index contributed by atoms with van der Waals surface area (Å²) < 4.78 is 0. The number of hydrogen-bond donors (Lipinski definition) is 1. The quantitative estimate of drug-likeness (QED) is 0.424. The Morgan fingerprint density at radius 3 is 2.58 bits per heavy atom. The van der Waals surface area contributed by atoms with Crippen molar-refractivity contribution in [2.24, 2.45) is 0 Å². The second-order valence-electron chi connectivity index (χ2n) is 1.98. The smallest absolute Gasteiger partial charge is 0.378 e. The van der Waals surface area contributed by atoms with E-state index in [2.05, 4.69) is 4.98 Å². The normalized spacial score (nSPS) is 9.42. The number of carboxylic acid groups (broad SMARTS) is 1. The number of aliphatic carboxylic acids is 1. The highest BCUT2D eigenvalue weighted by molar-refractivity contribution is 6.39. The Balaban J connectivity index is 3.04. The number of Topliss-reactive ketones (excluding diaryl/α,β-unsaturated/α-hetero) is 1. The third-order valence-electron chi connectivity index (χ3n) is 1.14. The number of ketones is 1. The number of hydrogen-bond acceptors (Lipinski definition) is 3. The Hall–Kier alpha value is -1.42. The largest absolute Gasteiger partial charge is 0.475 e. The van der Waals surface area contributed by atoms with E-state index in [4.69, 9.17) is 16.7 Å². The first-order valence-electron chi connectivity index (χ1n) is 3.01. The summed E-state index contributed by atoms with van der Waals surface area (Å²) in [6, 6.07) is 4.22. The molecule has 0 aliphatic carbocycles. The lowest BCUT2D eigenvalue weighted by Crippen LogP contribution is -2.14. The lowest BCUT2D eigenvalue weighted by Gasteiger charge is -1.93. The topological polar surface area (TPSA) is 67.3 Å². The molecule has 62 valence electrons. The summed E-state index contributed by atoms with van der Waals surface area (Å²) in [5.41, 5.74) is -0.157. The minimum Gasteiger partial charge on any atom is -0.475 e. The van der Waals surface area contributed by atoms with Gasteiger partial charge in [-0.15, -0.1) is 0 Å². The molecule has 4 nitrogen and oxygen atoms in total. The van der Waals surface area contributed by atoms with Crippen molar-refractivity contribution in [1.29, 1.82) is 0 Å². The fraction of sp³-hybridized carbons (Fsp3) is 0. The molecule has 0 radical (unpaired) electrons. The van der Waals surface area contributed by atoms with Gasteiger partial charge in [-0.3, -0.25) is 4.79 Å². The zero-order valence-corrected chi connectivity index (χ0v) is 6.58. The van der Waals surface area contributed by atoms with E-state index in [0.29, 0.717) is 0 Å². The molecule has 0 aliphatic heterocycles.